The predicted octanol–water partition coefficient (Wildman–Crippen LogP) is 5.43. The van der Waals surface area contributed by atoms with Gasteiger partial charge in [0.15, 0.2) is 10.8 Å². The van der Waals surface area contributed by atoms with Gasteiger partial charge in [0.2, 0.25) is 0 Å². The Bertz CT molecular complexity index is 1510. The van der Waals surface area contributed by atoms with Gasteiger partial charge in [-0.1, -0.05) is 60.4 Å². The van der Waals surface area contributed by atoms with Gasteiger partial charge in [-0.05, 0) is 57.1 Å². The summed E-state index contributed by atoms with van der Waals surface area (Å²) in [6, 6.07) is 16.8. The van der Waals surface area contributed by atoms with Crippen molar-refractivity contribution in [3.8, 4) is 10.6 Å². The fraction of sp³-hybridized carbons (Fsp3) is 0.312. The molecule has 1 aliphatic rings. The van der Waals surface area contributed by atoms with Crippen molar-refractivity contribution in [1.82, 2.24) is 20.0 Å². The minimum absolute atomic E-state index is 0.0223. The molecule has 0 radical (unpaired) electrons. The molecular formula is C32H38FN7O2S. The zero-order valence-corrected chi connectivity index (χ0v) is 25.7. The van der Waals surface area contributed by atoms with Crippen LogP contribution in [0.2, 0.25) is 0 Å². The van der Waals surface area contributed by atoms with E-state index in [0.29, 0.717) is 72.5 Å². The number of halogens is 1. The third kappa shape index (κ3) is 8.66. The van der Waals surface area contributed by atoms with Crippen LogP contribution in [0.3, 0.4) is 0 Å². The van der Waals surface area contributed by atoms with Crippen LogP contribution in [0.25, 0.3) is 22.1 Å². The molecular weight excluding hydrogens is 565 g/mol. The van der Waals surface area contributed by atoms with E-state index in [0.717, 1.165) is 23.4 Å². The topological polar surface area (TPSA) is 109 Å². The van der Waals surface area contributed by atoms with Crippen LogP contribution in [-0.4, -0.2) is 78.7 Å². The monoisotopic (exact) mass is 603 g/mol. The number of hydrogen-bond acceptors (Lipinski definition) is 8. The number of benzene rings is 2. The zero-order chi connectivity index (χ0) is 30.8. The third-order valence-electron chi connectivity index (χ3n) is 6.85. The Hall–Kier alpha value is -4.19. The maximum atomic E-state index is 15.1. The molecule has 1 amide bonds. The number of amidine groups is 1. The first-order valence-electron chi connectivity index (χ1n) is 14.2. The summed E-state index contributed by atoms with van der Waals surface area (Å²) in [6.07, 6.45) is 2.64. The van der Waals surface area contributed by atoms with Gasteiger partial charge in [-0.25, -0.2) is 9.38 Å². The second kappa shape index (κ2) is 15.3. The molecule has 11 heteroatoms. The minimum Gasteiger partial charge on any atom is -0.394 e. The van der Waals surface area contributed by atoms with Crippen molar-refractivity contribution in [3.63, 3.8) is 0 Å². The van der Waals surface area contributed by atoms with E-state index in [-0.39, 0.29) is 16.5 Å². The summed E-state index contributed by atoms with van der Waals surface area (Å²) in [6.45, 7) is 9.28. The summed E-state index contributed by atoms with van der Waals surface area (Å²) < 4.78 is 20.4. The molecule has 1 aromatic heterocycles. The molecule has 0 bridgehead atoms. The molecule has 3 N–H and O–H groups in total. The lowest BCUT2D eigenvalue weighted by atomic mass is 10.1. The van der Waals surface area contributed by atoms with Crippen LogP contribution in [0.5, 0.6) is 0 Å². The fourth-order valence-corrected chi connectivity index (χ4v) is 5.24. The molecule has 4 rings (SSSR count). The largest absolute Gasteiger partial charge is 0.394 e. The second-order valence-corrected chi connectivity index (χ2v) is 11.2. The molecule has 1 saturated heterocycles. The smallest absolute Gasteiger partial charge is 0.271 e. The van der Waals surface area contributed by atoms with Crippen molar-refractivity contribution in [1.29, 1.82) is 0 Å². The van der Waals surface area contributed by atoms with Crippen molar-refractivity contribution in [2.75, 3.05) is 52.3 Å². The number of aliphatic imine (C=N–C) groups is 1. The van der Waals surface area contributed by atoms with Gasteiger partial charge in [-0.15, -0.1) is 10.2 Å². The van der Waals surface area contributed by atoms with E-state index in [1.165, 1.54) is 0 Å². The Balaban J connectivity index is 1.59. The van der Waals surface area contributed by atoms with Gasteiger partial charge in [-0.2, -0.15) is 0 Å². The molecule has 1 aliphatic heterocycles. The van der Waals surface area contributed by atoms with Crippen LogP contribution in [0.4, 0.5) is 10.1 Å². The van der Waals surface area contributed by atoms with Crippen LogP contribution < -0.4 is 11.1 Å². The SMILES string of the molecule is C=C(N=C(/C=C(\N)C(=O)Nc1ccccc1-c1nnc(C(F)=C2CCOCC2)s1)N(CC)CCN(C)C)c1ccccc1. The number of carbonyl (C=O) groups is 1. The molecule has 2 aromatic carbocycles. The summed E-state index contributed by atoms with van der Waals surface area (Å²) in [4.78, 5) is 22.3. The van der Waals surface area contributed by atoms with Crippen molar-refractivity contribution < 1.29 is 13.9 Å². The van der Waals surface area contributed by atoms with Gasteiger partial charge in [0.25, 0.3) is 5.91 Å². The molecule has 0 aliphatic carbocycles. The number of nitrogens with zero attached hydrogens (tertiary/aromatic N) is 5. The zero-order valence-electron chi connectivity index (χ0n) is 24.8. The normalized spacial score (nSPS) is 14.1. The van der Waals surface area contributed by atoms with Gasteiger partial charge in [0.1, 0.15) is 16.5 Å². The van der Waals surface area contributed by atoms with E-state index in [9.17, 15) is 4.79 Å². The number of aromatic nitrogens is 2. The molecule has 226 valence electrons. The third-order valence-corrected chi connectivity index (χ3v) is 7.80. The number of ether oxygens (including phenoxy) is 1. The number of carbonyl (C=O) groups excluding carboxylic acids is 1. The standard InChI is InChI=1S/C32H38FN7O2S/c1-5-40(18-17-39(3)4)28(35-22(2)23-11-7-6-8-12-23)21-26(34)30(41)36-27-14-10-9-13-25(27)31-37-38-32(43-31)29(33)24-15-19-42-20-16-24/h6-14,21H,2,5,15-20,34H2,1,3-4H3,(H,36,41)/b26-21-,35-28?. The lowest BCUT2D eigenvalue weighted by Gasteiger charge is -2.25. The van der Waals surface area contributed by atoms with Crippen LogP contribution in [0, 0.1) is 0 Å². The van der Waals surface area contributed by atoms with Crippen molar-refractivity contribution in [2.45, 2.75) is 19.8 Å². The van der Waals surface area contributed by atoms with Crippen molar-refractivity contribution >= 4 is 40.3 Å². The first-order chi connectivity index (χ1) is 20.8. The number of rotatable bonds is 11. The van der Waals surface area contributed by atoms with Crippen LogP contribution in [-0.2, 0) is 9.53 Å². The number of anilines is 1. The summed E-state index contributed by atoms with van der Waals surface area (Å²) in [5.74, 6) is -0.321. The highest BCUT2D eigenvalue weighted by Crippen LogP contribution is 2.35. The van der Waals surface area contributed by atoms with Crippen LogP contribution in [0.1, 0.15) is 30.3 Å². The van der Waals surface area contributed by atoms with Crippen LogP contribution in [0.15, 0.2) is 83.5 Å². The highest BCUT2D eigenvalue weighted by atomic mass is 32.1. The molecule has 0 saturated carbocycles. The Morgan fingerprint density at radius 3 is 2.51 bits per heavy atom. The minimum atomic E-state index is -0.505. The van der Waals surface area contributed by atoms with E-state index in [1.807, 2.05) is 62.3 Å². The Labute approximate surface area is 256 Å². The highest BCUT2D eigenvalue weighted by molar-refractivity contribution is 7.15. The fourth-order valence-electron chi connectivity index (χ4n) is 4.37. The predicted molar refractivity (Wildman–Crippen MR) is 173 cm³/mol. The van der Waals surface area contributed by atoms with Gasteiger partial charge >= 0.3 is 0 Å². The van der Waals surface area contributed by atoms with Crippen molar-refractivity contribution in [3.05, 3.63) is 89.1 Å². The summed E-state index contributed by atoms with van der Waals surface area (Å²) in [5.41, 5.74) is 9.55. The lowest BCUT2D eigenvalue weighted by Crippen LogP contribution is -2.36. The van der Waals surface area contributed by atoms with Gasteiger partial charge in [0.05, 0.1) is 24.6 Å². The maximum Gasteiger partial charge on any atom is 0.271 e. The van der Waals surface area contributed by atoms with Gasteiger partial charge < -0.3 is 25.6 Å². The van der Waals surface area contributed by atoms with E-state index in [1.54, 1.807) is 24.3 Å². The number of likely N-dealkylation sites (N-methyl/N-ethyl adjacent to an activating group) is 2. The Morgan fingerprint density at radius 2 is 1.81 bits per heavy atom. The molecule has 1 fully saturated rings. The van der Waals surface area contributed by atoms with E-state index in [4.69, 9.17) is 15.5 Å². The number of amides is 1. The van der Waals surface area contributed by atoms with E-state index >= 15 is 4.39 Å². The number of para-hydroxylation sites is 1. The Morgan fingerprint density at radius 1 is 1.12 bits per heavy atom. The summed E-state index contributed by atoms with van der Waals surface area (Å²) in [7, 11) is 4.00. The number of hydrogen-bond donors (Lipinski definition) is 2. The molecule has 43 heavy (non-hydrogen) atoms. The van der Waals surface area contributed by atoms with E-state index in [2.05, 4.69) is 27.0 Å². The average molecular weight is 604 g/mol. The number of nitrogens with two attached hydrogens (primary N) is 1. The van der Waals surface area contributed by atoms with Crippen LogP contribution >= 0.6 is 11.3 Å². The molecule has 9 nitrogen and oxygen atoms in total. The van der Waals surface area contributed by atoms with Gasteiger partial charge in [0, 0.05) is 31.3 Å². The maximum absolute atomic E-state index is 15.1. The summed E-state index contributed by atoms with van der Waals surface area (Å²) in [5, 5.41) is 11.9. The van der Waals surface area contributed by atoms with Gasteiger partial charge in [-0.3, -0.25) is 4.79 Å². The second-order valence-electron chi connectivity index (χ2n) is 10.2. The number of nitrogens with one attached hydrogen (secondary N) is 1. The van der Waals surface area contributed by atoms with Crippen molar-refractivity contribution in [2.24, 2.45) is 10.7 Å². The molecule has 0 spiro atoms. The molecule has 3 aromatic rings. The summed E-state index contributed by atoms with van der Waals surface area (Å²) >= 11 is 1.13. The van der Waals surface area contributed by atoms with E-state index < -0.39 is 5.91 Å². The first-order valence-corrected chi connectivity index (χ1v) is 15.0. The molecule has 2 heterocycles. The highest BCUT2D eigenvalue weighted by Gasteiger charge is 2.20. The average Bonchev–Trinajstić information content (AvgIpc) is 3.52. The molecule has 0 atom stereocenters. The Kier molecular flexibility index (Phi) is 11.3. The molecule has 0 unspecified atom stereocenters. The first kappa shape index (κ1) is 31.7. The quantitative estimate of drug-likeness (QED) is 0.171. The lowest BCUT2D eigenvalue weighted by molar-refractivity contribution is -0.112.